The van der Waals surface area contributed by atoms with Gasteiger partial charge in [-0.25, -0.2) is 0 Å². The van der Waals surface area contributed by atoms with Crippen molar-refractivity contribution in [3.05, 3.63) is 59.7 Å². The summed E-state index contributed by atoms with van der Waals surface area (Å²) in [5, 5.41) is 12.5. The number of hydrogen-bond acceptors (Lipinski definition) is 3. The van der Waals surface area contributed by atoms with Crippen molar-refractivity contribution in [1.29, 1.82) is 0 Å². The van der Waals surface area contributed by atoms with Gasteiger partial charge >= 0.3 is 0 Å². The van der Waals surface area contributed by atoms with Crippen LogP contribution in [0.1, 0.15) is 30.5 Å². The standard InChI is InChI=1S/C18H23NO2/c1-3-17(16-6-4-5-7-18(16)21-2)19-15-10-8-14(9-11-15)12-13-20/h4-11,17,19-20H,3,12-13H2,1-2H3. The largest absolute Gasteiger partial charge is 0.496 e. The van der Waals surface area contributed by atoms with Crippen LogP contribution in [0.15, 0.2) is 48.5 Å². The van der Waals surface area contributed by atoms with Gasteiger partial charge < -0.3 is 15.2 Å². The summed E-state index contributed by atoms with van der Waals surface area (Å²) in [6.45, 7) is 2.34. The van der Waals surface area contributed by atoms with E-state index in [1.807, 2.05) is 30.3 Å². The summed E-state index contributed by atoms with van der Waals surface area (Å²) < 4.78 is 5.45. The normalized spacial score (nSPS) is 12.0. The van der Waals surface area contributed by atoms with Gasteiger partial charge in [0, 0.05) is 17.9 Å². The van der Waals surface area contributed by atoms with E-state index in [1.54, 1.807) is 7.11 Å². The van der Waals surface area contributed by atoms with E-state index in [0.29, 0.717) is 6.42 Å². The molecule has 0 aliphatic carbocycles. The molecular weight excluding hydrogens is 262 g/mol. The Hall–Kier alpha value is -2.00. The van der Waals surface area contributed by atoms with Crippen LogP contribution in [0.4, 0.5) is 5.69 Å². The summed E-state index contributed by atoms with van der Waals surface area (Å²) in [6, 6.07) is 16.5. The minimum absolute atomic E-state index is 0.186. The maximum Gasteiger partial charge on any atom is 0.124 e. The summed E-state index contributed by atoms with van der Waals surface area (Å²) in [5.74, 6) is 0.911. The van der Waals surface area contributed by atoms with Crippen LogP contribution >= 0.6 is 0 Å². The Morgan fingerprint density at radius 2 is 1.81 bits per heavy atom. The van der Waals surface area contributed by atoms with Crippen molar-refractivity contribution in [1.82, 2.24) is 0 Å². The molecule has 0 saturated carbocycles. The number of methoxy groups -OCH3 is 1. The summed E-state index contributed by atoms with van der Waals surface area (Å²) in [7, 11) is 1.70. The molecule has 21 heavy (non-hydrogen) atoms. The van der Waals surface area contributed by atoms with Crippen LogP contribution in [-0.4, -0.2) is 18.8 Å². The van der Waals surface area contributed by atoms with Gasteiger partial charge in [0.25, 0.3) is 0 Å². The van der Waals surface area contributed by atoms with Crippen molar-refractivity contribution in [3.8, 4) is 5.75 Å². The molecule has 0 aliphatic rings. The summed E-state index contributed by atoms with van der Waals surface area (Å²) in [4.78, 5) is 0. The molecule has 2 N–H and O–H groups in total. The molecule has 2 rings (SSSR count). The highest BCUT2D eigenvalue weighted by Crippen LogP contribution is 2.29. The molecule has 0 spiro atoms. The number of benzene rings is 2. The lowest BCUT2D eigenvalue weighted by Crippen LogP contribution is -2.11. The molecule has 0 saturated heterocycles. The molecule has 1 atom stereocenters. The maximum atomic E-state index is 8.95. The lowest BCUT2D eigenvalue weighted by atomic mass is 10.0. The number of hydrogen-bond donors (Lipinski definition) is 2. The lowest BCUT2D eigenvalue weighted by molar-refractivity contribution is 0.299. The quantitative estimate of drug-likeness (QED) is 0.813. The van der Waals surface area contributed by atoms with Crippen molar-refractivity contribution in [2.24, 2.45) is 0 Å². The van der Waals surface area contributed by atoms with Crippen molar-refractivity contribution < 1.29 is 9.84 Å². The predicted molar refractivity (Wildman–Crippen MR) is 86.9 cm³/mol. The highest BCUT2D eigenvalue weighted by Gasteiger charge is 2.13. The lowest BCUT2D eigenvalue weighted by Gasteiger charge is -2.21. The van der Waals surface area contributed by atoms with Crippen LogP contribution in [-0.2, 0) is 6.42 Å². The average Bonchev–Trinajstić information content (AvgIpc) is 2.54. The molecular formula is C18H23NO2. The topological polar surface area (TPSA) is 41.5 Å². The van der Waals surface area contributed by atoms with Gasteiger partial charge in [0.2, 0.25) is 0 Å². The molecule has 112 valence electrons. The van der Waals surface area contributed by atoms with Gasteiger partial charge in [0.15, 0.2) is 0 Å². The van der Waals surface area contributed by atoms with Crippen molar-refractivity contribution in [2.45, 2.75) is 25.8 Å². The van der Waals surface area contributed by atoms with Crippen molar-refractivity contribution in [2.75, 3.05) is 19.0 Å². The van der Waals surface area contributed by atoms with E-state index in [2.05, 4.69) is 30.4 Å². The third kappa shape index (κ3) is 3.99. The zero-order valence-corrected chi connectivity index (χ0v) is 12.7. The van der Waals surface area contributed by atoms with Gasteiger partial charge in [0.05, 0.1) is 13.2 Å². The molecule has 0 bridgehead atoms. The minimum Gasteiger partial charge on any atom is -0.496 e. The van der Waals surface area contributed by atoms with Gasteiger partial charge in [-0.2, -0.15) is 0 Å². The Kier molecular flexibility index (Phi) is 5.64. The van der Waals surface area contributed by atoms with E-state index >= 15 is 0 Å². The maximum absolute atomic E-state index is 8.95. The van der Waals surface area contributed by atoms with E-state index in [-0.39, 0.29) is 12.6 Å². The molecule has 1 unspecified atom stereocenters. The molecule has 2 aromatic rings. The molecule has 0 amide bonds. The number of nitrogens with one attached hydrogen (secondary N) is 1. The van der Waals surface area contributed by atoms with E-state index < -0.39 is 0 Å². The van der Waals surface area contributed by atoms with Crippen molar-refractivity contribution >= 4 is 5.69 Å². The molecule has 3 nitrogen and oxygen atoms in total. The van der Waals surface area contributed by atoms with Gasteiger partial charge in [-0.3, -0.25) is 0 Å². The van der Waals surface area contributed by atoms with Crippen LogP contribution < -0.4 is 10.1 Å². The highest BCUT2D eigenvalue weighted by atomic mass is 16.5. The minimum atomic E-state index is 0.186. The number of aliphatic hydroxyl groups excluding tert-OH is 1. The molecule has 0 radical (unpaired) electrons. The molecule has 0 aliphatic heterocycles. The first-order valence-corrected chi connectivity index (χ1v) is 7.37. The van der Waals surface area contributed by atoms with E-state index in [1.165, 1.54) is 5.56 Å². The molecule has 0 aromatic heterocycles. The van der Waals surface area contributed by atoms with Crippen LogP contribution in [0.25, 0.3) is 0 Å². The Labute approximate surface area is 126 Å². The fourth-order valence-electron chi connectivity index (χ4n) is 2.45. The number of para-hydroxylation sites is 1. The fourth-order valence-corrected chi connectivity index (χ4v) is 2.45. The Morgan fingerprint density at radius 1 is 1.10 bits per heavy atom. The molecule has 2 aromatic carbocycles. The second-order valence-electron chi connectivity index (χ2n) is 5.02. The first kappa shape index (κ1) is 15.4. The fraction of sp³-hybridized carbons (Fsp3) is 0.333. The Morgan fingerprint density at radius 3 is 2.43 bits per heavy atom. The average molecular weight is 285 g/mol. The van der Waals surface area contributed by atoms with Crippen molar-refractivity contribution in [3.63, 3.8) is 0 Å². The number of aliphatic hydroxyl groups is 1. The molecule has 3 heteroatoms. The number of rotatable bonds is 7. The Bertz CT molecular complexity index is 551. The zero-order chi connectivity index (χ0) is 15.1. The van der Waals surface area contributed by atoms with Crippen LogP contribution in [0.3, 0.4) is 0 Å². The predicted octanol–water partition coefficient (Wildman–Crippen LogP) is 3.79. The number of anilines is 1. The summed E-state index contributed by atoms with van der Waals surface area (Å²) in [6.07, 6.45) is 1.67. The van der Waals surface area contributed by atoms with E-state index in [0.717, 1.165) is 23.4 Å². The van der Waals surface area contributed by atoms with Crippen LogP contribution in [0.5, 0.6) is 5.75 Å². The summed E-state index contributed by atoms with van der Waals surface area (Å²) >= 11 is 0. The van der Waals surface area contributed by atoms with E-state index in [4.69, 9.17) is 9.84 Å². The second-order valence-corrected chi connectivity index (χ2v) is 5.02. The molecule has 0 fully saturated rings. The van der Waals surface area contributed by atoms with Crippen LogP contribution in [0.2, 0.25) is 0 Å². The van der Waals surface area contributed by atoms with E-state index in [9.17, 15) is 0 Å². The van der Waals surface area contributed by atoms with Gasteiger partial charge in [-0.1, -0.05) is 37.3 Å². The van der Waals surface area contributed by atoms with Gasteiger partial charge in [-0.05, 0) is 36.6 Å². The zero-order valence-electron chi connectivity index (χ0n) is 12.7. The molecule has 0 heterocycles. The first-order valence-electron chi connectivity index (χ1n) is 7.37. The SMILES string of the molecule is CCC(Nc1ccc(CCO)cc1)c1ccccc1OC. The highest BCUT2D eigenvalue weighted by molar-refractivity contribution is 5.49. The smallest absolute Gasteiger partial charge is 0.124 e. The van der Waals surface area contributed by atoms with Gasteiger partial charge in [-0.15, -0.1) is 0 Å². The third-order valence-electron chi connectivity index (χ3n) is 3.62. The summed E-state index contributed by atoms with van der Waals surface area (Å²) in [5.41, 5.74) is 3.39. The Balaban J connectivity index is 2.15. The monoisotopic (exact) mass is 285 g/mol. The first-order chi connectivity index (χ1) is 10.3. The third-order valence-corrected chi connectivity index (χ3v) is 3.62. The number of ether oxygens (including phenoxy) is 1. The van der Waals surface area contributed by atoms with Gasteiger partial charge in [0.1, 0.15) is 5.75 Å². The second kappa shape index (κ2) is 7.70. The van der Waals surface area contributed by atoms with Crippen LogP contribution in [0, 0.1) is 0 Å².